The summed E-state index contributed by atoms with van der Waals surface area (Å²) in [6.07, 6.45) is 0. The zero-order valence-corrected chi connectivity index (χ0v) is 13.6. The molecule has 116 valence electrons. The van der Waals surface area contributed by atoms with Crippen LogP contribution in [-0.4, -0.2) is 15.3 Å². The zero-order chi connectivity index (χ0) is 16.1. The van der Waals surface area contributed by atoms with Crippen LogP contribution in [0.1, 0.15) is 5.89 Å². The Balaban J connectivity index is 1.56. The molecule has 0 aliphatic rings. The van der Waals surface area contributed by atoms with Gasteiger partial charge in [0.25, 0.3) is 0 Å². The van der Waals surface area contributed by atoms with Crippen LogP contribution in [0.5, 0.6) is 0 Å². The van der Waals surface area contributed by atoms with Gasteiger partial charge in [-0.3, -0.25) is 0 Å². The third-order valence-corrected chi connectivity index (χ3v) is 3.46. The Morgan fingerprint density at radius 2 is 1.96 bits per heavy atom. The van der Waals surface area contributed by atoms with Crippen molar-refractivity contribution >= 4 is 34.6 Å². The van der Waals surface area contributed by atoms with Crippen molar-refractivity contribution in [3.63, 3.8) is 0 Å². The Kier molecular flexibility index (Phi) is 4.85. The van der Waals surface area contributed by atoms with E-state index in [2.05, 4.69) is 20.8 Å². The lowest BCUT2D eigenvalue weighted by atomic mass is 10.2. The number of aromatic nitrogens is 2. The van der Waals surface area contributed by atoms with Crippen molar-refractivity contribution < 1.29 is 4.52 Å². The van der Waals surface area contributed by atoms with Gasteiger partial charge in [0.1, 0.15) is 0 Å². The summed E-state index contributed by atoms with van der Waals surface area (Å²) in [5.41, 5.74) is 1.72. The number of halogens is 1. The van der Waals surface area contributed by atoms with Gasteiger partial charge in [0.15, 0.2) is 5.11 Å². The second kappa shape index (κ2) is 7.21. The van der Waals surface area contributed by atoms with Crippen molar-refractivity contribution in [3.8, 4) is 11.4 Å². The van der Waals surface area contributed by atoms with Crippen molar-refractivity contribution in [2.45, 2.75) is 6.54 Å². The minimum atomic E-state index is 0.340. The monoisotopic (exact) mass is 344 g/mol. The molecule has 1 aromatic heterocycles. The van der Waals surface area contributed by atoms with Gasteiger partial charge < -0.3 is 15.2 Å². The fourth-order valence-electron chi connectivity index (χ4n) is 1.93. The van der Waals surface area contributed by atoms with Crippen molar-refractivity contribution in [1.82, 2.24) is 15.5 Å². The molecule has 5 nitrogen and oxygen atoms in total. The van der Waals surface area contributed by atoms with E-state index in [0.717, 1.165) is 11.3 Å². The highest BCUT2D eigenvalue weighted by Crippen LogP contribution is 2.16. The van der Waals surface area contributed by atoms with Gasteiger partial charge in [0.05, 0.1) is 6.54 Å². The fourth-order valence-corrected chi connectivity index (χ4v) is 2.31. The standard InChI is InChI=1S/C16H13ClN4OS/c17-12-7-4-8-13(9-12)19-16(23)18-10-14-20-15(21-22-14)11-5-2-1-3-6-11/h1-9H,10H2,(H2,18,19,23). The summed E-state index contributed by atoms with van der Waals surface area (Å²) in [6, 6.07) is 16.9. The highest BCUT2D eigenvalue weighted by atomic mass is 35.5. The fraction of sp³-hybridized carbons (Fsp3) is 0.0625. The molecule has 0 atom stereocenters. The van der Waals surface area contributed by atoms with Crippen LogP contribution in [0.15, 0.2) is 59.1 Å². The van der Waals surface area contributed by atoms with E-state index < -0.39 is 0 Å². The molecular weight excluding hydrogens is 332 g/mol. The summed E-state index contributed by atoms with van der Waals surface area (Å²) in [5, 5.41) is 11.1. The molecule has 2 aromatic carbocycles. The average Bonchev–Trinajstić information content (AvgIpc) is 3.03. The van der Waals surface area contributed by atoms with E-state index in [0.29, 0.717) is 28.4 Å². The first kappa shape index (κ1) is 15.5. The predicted molar refractivity (Wildman–Crippen MR) is 94.2 cm³/mol. The molecule has 3 aromatic rings. The van der Waals surface area contributed by atoms with Crippen LogP contribution in [-0.2, 0) is 6.54 Å². The van der Waals surface area contributed by atoms with Crippen LogP contribution < -0.4 is 10.6 Å². The molecule has 7 heteroatoms. The average molecular weight is 345 g/mol. The molecule has 0 saturated carbocycles. The Hall–Kier alpha value is -2.44. The van der Waals surface area contributed by atoms with Crippen molar-refractivity contribution in [2.24, 2.45) is 0 Å². The Bertz CT molecular complexity index is 807. The van der Waals surface area contributed by atoms with Gasteiger partial charge in [0, 0.05) is 16.3 Å². The summed E-state index contributed by atoms with van der Waals surface area (Å²) >= 11 is 11.1. The van der Waals surface area contributed by atoms with Crippen molar-refractivity contribution in [1.29, 1.82) is 0 Å². The number of anilines is 1. The lowest BCUT2D eigenvalue weighted by molar-refractivity contribution is 0.376. The van der Waals surface area contributed by atoms with Crippen LogP contribution in [0.3, 0.4) is 0 Å². The van der Waals surface area contributed by atoms with Crippen LogP contribution in [0, 0.1) is 0 Å². The van der Waals surface area contributed by atoms with Crippen LogP contribution in [0.25, 0.3) is 11.4 Å². The van der Waals surface area contributed by atoms with Gasteiger partial charge in [-0.1, -0.05) is 53.2 Å². The maximum Gasteiger partial charge on any atom is 0.246 e. The topological polar surface area (TPSA) is 63.0 Å². The normalized spacial score (nSPS) is 10.3. The number of rotatable bonds is 4. The predicted octanol–water partition coefficient (Wildman–Crippen LogP) is 3.88. The number of nitrogens with zero attached hydrogens (tertiary/aromatic N) is 2. The molecule has 1 heterocycles. The first-order valence-corrected chi connectivity index (χ1v) is 7.68. The highest BCUT2D eigenvalue weighted by Gasteiger charge is 2.08. The molecule has 0 amide bonds. The summed E-state index contributed by atoms with van der Waals surface area (Å²) in [4.78, 5) is 4.32. The number of hydrogen-bond donors (Lipinski definition) is 2. The molecule has 0 spiro atoms. The van der Waals surface area contributed by atoms with Gasteiger partial charge in [0.2, 0.25) is 11.7 Å². The zero-order valence-electron chi connectivity index (χ0n) is 12.0. The summed E-state index contributed by atoms with van der Waals surface area (Å²) in [5.74, 6) is 1.01. The van der Waals surface area contributed by atoms with Crippen molar-refractivity contribution in [3.05, 3.63) is 65.5 Å². The van der Waals surface area contributed by atoms with Gasteiger partial charge in [-0.25, -0.2) is 0 Å². The molecule has 2 N–H and O–H groups in total. The van der Waals surface area contributed by atoms with Crippen LogP contribution in [0.2, 0.25) is 5.02 Å². The molecular formula is C16H13ClN4OS. The molecule has 0 unspecified atom stereocenters. The van der Waals surface area contributed by atoms with Crippen molar-refractivity contribution in [2.75, 3.05) is 5.32 Å². The van der Waals surface area contributed by atoms with E-state index in [4.69, 9.17) is 28.3 Å². The summed E-state index contributed by atoms with van der Waals surface area (Å²) in [7, 11) is 0. The number of hydrogen-bond acceptors (Lipinski definition) is 4. The van der Waals surface area contributed by atoms with E-state index >= 15 is 0 Å². The van der Waals surface area contributed by atoms with E-state index in [1.807, 2.05) is 42.5 Å². The minimum absolute atomic E-state index is 0.340. The first-order valence-electron chi connectivity index (χ1n) is 6.89. The maximum absolute atomic E-state index is 5.93. The number of nitrogens with one attached hydrogen (secondary N) is 2. The lowest BCUT2D eigenvalue weighted by Crippen LogP contribution is -2.27. The molecule has 0 aliphatic carbocycles. The Morgan fingerprint density at radius 1 is 1.13 bits per heavy atom. The molecule has 3 rings (SSSR count). The molecule has 0 saturated heterocycles. The Morgan fingerprint density at radius 3 is 2.74 bits per heavy atom. The summed E-state index contributed by atoms with van der Waals surface area (Å²) < 4.78 is 5.21. The van der Waals surface area contributed by atoms with Gasteiger partial charge in [-0.2, -0.15) is 4.98 Å². The second-order valence-electron chi connectivity index (χ2n) is 4.70. The summed E-state index contributed by atoms with van der Waals surface area (Å²) in [6.45, 7) is 0.340. The second-order valence-corrected chi connectivity index (χ2v) is 5.54. The quantitative estimate of drug-likeness (QED) is 0.700. The maximum atomic E-state index is 5.93. The first-order chi connectivity index (χ1) is 11.2. The molecule has 23 heavy (non-hydrogen) atoms. The molecule has 0 fully saturated rings. The molecule has 0 radical (unpaired) electrons. The van der Waals surface area contributed by atoms with Gasteiger partial charge in [-0.05, 0) is 30.4 Å². The third-order valence-electron chi connectivity index (χ3n) is 2.98. The highest BCUT2D eigenvalue weighted by molar-refractivity contribution is 7.80. The number of thiocarbonyl (C=S) groups is 1. The third kappa shape index (κ3) is 4.28. The molecule has 0 aliphatic heterocycles. The van der Waals surface area contributed by atoms with E-state index in [-0.39, 0.29) is 0 Å². The lowest BCUT2D eigenvalue weighted by Gasteiger charge is -2.08. The van der Waals surface area contributed by atoms with E-state index in [1.54, 1.807) is 12.1 Å². The smallest absolute Gasteiger partial charge is 0.246 e. The molecule has 0 bridgehead atoms. The van der Waals surface area contributed by atoms with Crippen LogP contribution in [0.4, 0.5) is 5.69 Å². The van der Waals surface area contributed by atoms with E-state index in [1.165, 1.54) is 0 Å². The van der Waals surface area contributed by atoms with Gasteiger partial charge in [-0.15, -0.1) is 0 Å². The SMILES string of the molecule is S=C(NCc1nc(-c2ccccc2)no1)Nc1cccc(Cl)c1. The Labute approximate surface area is 143 Å². The van der Waals surface area contributed by atoms with Gasteiger partial charge >= 0.3 is 0 Å². The largest absolute Gasteiger partial charge is 0.353 e. The minimum Gasteiger partial charge on any atom is -0.353 e. The van der Waals surface area contributed by atoms with E-state index in [9.17, 15) is 0 Å². The number of benzene rings is 2. The van der Waals surface area contributed by atoms with Crippen LogP contribution >= 0.6 is 23.8 Å².